The minimum Gasteiger partial charge on any atom is -0.496 e. The summed E-state index contributed by atoms with van der Waals surface area (Å²) in [5.74, 6) is -0.133. The molecule has 36 heavy (non-hydrogen) atoms. The van der Waals surface area contributed by atoms with Crippen molar-refractivity contribution >= 4 is 22.6 Å². The van der Waals surface area contributed by atoms with E-state index in [4.69, 9.17) is 18.8 Å². The van der Waals surface area contributed by atoms with Crippen molar-refractivity contribution in [3.63, 3.8) is 0 Å². The van der Waals surface area contributed by atoms with Gasteiger partial charge >= 0.3 is 5.76 Å². The zero-order valence-corrected chi connectivity index (χ0v) is 20.8. The molecule has 1 N–H and O–H groups in total. The molecule has 0 amide bonds. The van der Waals surface area contributed by atoms with Gasteiger partial charge in [0, 0.05) is 20.4 Å². The maximum atomic E-state index is 14.5. The number of benzene rings is 2. The molecule has 0 atom stereocenters. The fraction of sp³-hybridized carbons (Fsp3) is 0.308. The van der Waals surface area contributed by atoms with Gasteiger partial charge < -0.3 is 18.8 Å². The minimum atomic E-state index is -1.05. The molecule has 0 fully saturated rings. The van der Waals surface area contributed by atoms with Gasteiger partial charge in [-0.25, -0.2) is 4.79 Å². The van der Waals surface area contributed by atoms with Gasteiger partial charge in [-0.1, -0.05) is 11.2 Å². The summed E-state index contributed by atoms with van der Waals surface area (Å²) in [5, 5.41) is 19.7. The Morgan fingerprint density at radius 1 is 1.14 bits per heavy atom. The van der Waals surface area contributed by atoms with Gasteiger partial charge in [0.15, 0.2) is 5.58 Å². The van der Waals surface area contributed by atoms with E-state index in [0.29, 0.717) is 46.8 Å². The normalized spacial score (nSPS) is 12.5. The maximum absolute atomic E-state index is 14.5. The van der Waals surface area contributed by atoms with Crippen LogP contribution in [0, 0.1) is 20.8 Å². The largest absolute Gasteiger partial charge is 0.496 e. The summed E-state index contributed by atoms with van der Waals surface area (Å²) in [6.45, 7) is 5.40. The van der Waals surface area contributed by atoms with E-state index in [1.54, 1.807) is 27.0 Å². The fourth-order valence-electron chi connectivity index (χ4n) is 4.29. The molecule has 0 aliphatic rings. The maximum Gasteiger partial charge on any atom is 0.419 e. The molecule has 0 aliphatic carbocycles. The summed E-state index contributed by atoms with van der Waals surface area (Å²) in [4.78, 5) is 12.1. The lowest BCUT2D eigenvalue weighted by Crippen LogP contribution is -2.08. The van der Waals surface area contributed by atoms with Gasteiger partial charge in [-0.3, -0.25) is 4.57 Å². The molecule has 0 saturated carbocycles. The van der Waals surface area contributed by atoms with Gasteiger partial charge in [0.1, 0.15) is 5.75 Å². The number of hydrogen-bond donors (Lipinski definition) is 1. The van der Waals surface area contributed by atoms with E-state index in [2.05, 4.69) is 15.4 Å². The van der Waals surface area contributed by atoms with Crippen LogP contribution in [0.15, 0.2) is 49.1 Å². The molecule has 0 aliphatic heterocycles. The lowest BCUT2D eigenvalue weighted by Gasteiger charge is -2.16. The number of allylic oxidation sites excluding steroid dienone is 1. The number of nitrogens with zero attached hydrogens (tertiary/aromatic N) is 4. The van der Waals surface area contributed by atoms with Gasteiger partial charge in [0.25, 0.3) is 5.97 Å². The molecule has 2 heterocycles. The number of methoxy groups -OCH3 is 1. The van der Waals surface area contributed by atoms with Crippen molar-refractivity contribution in [1.82, 2.24) is 14.8 Å². The zero-order valence-electron chi connectivity index (χ0n) is 20.8. The van der Waals surface area contributed by atoms with E-state index in [0.717, 1.165) is 23.1 Å². The summed E-state index contributed by atoms with van der Waals surface area (Å²) in [6, 6.07) is 7.26. The highest BCUT2D eigenvalue weighted by molar-refractivity contribution is 5.98. The summed E-state index contributed by atoms with van der Waals surface area (Å²) in [6.07, 6.45) is 4.05. The van der Waals surface area contributed by atoms with E-state index in [9.17, 15) is 9.18 Å². The molecular formula is C26H27FN4O5. The lowest BCUT2D eigenvalue weighted by molar-refractivity contribution is 0.311. The van der Waals surface area contributed by atoms with Crippen molar-refractivity contribution in [3.8, 4) is 5.75 Å². The van der Waals surface area contributed by atoms with Crippen LogP contribution in [-0.2, 0) is 13.5 Å². The van der Waals surface area contributed by atoms with Crippen molar-refractivity contribution in [2.75, 3.05) is 7.11 Å². The van der Waals surface area contributed by atoms with Crippen LogP contribution >= 0.6 is 0 Å². The number of unbranched alkanes of at least 4 members (excludes halogenated alkanes) is 1. The number of ether oxygens (including phenoxy) is 1. The van der Waals surface area contributed by atoms with Crippen molar-refractivity contribution < 1.29 is 23.2 Å². The van der Waals surface area contributed by atoms with Crippen molar-refractivity contribution in [3.05, 3.63) is 80.5 Å². The van der Waals surface area contributed by atoms with Crippen LogP contribution in [-0.4, -0.2) is 33.0 Å². The average molecular weight is 495 g/mol. The first kappa shape index (κ1) is 24.9. The molecule has 0 unspecified atom stereocenters. The highest BCUT2D eigenvalue weighted by Gasteiger charge is 2.19. The minimum absolute atomic E-state index is 0.0377. The predicted molar refractivity (Wildman–Crippen MR) is 132 cm³/mol. The summed E-state index contributed by atoms with van der Waals surface area (Å²) in [5.41, 5.74) is 5.00. The molecule has 2 aromatic heterocycles. The lowest BCUT2D eigenvalue weighted by atomic mass is 9.92. The van der Waals surface area contributed by atoms with E-state index >= 15 is 0 Å². The van der Waals surface area contributed by atoms with Crippen molar-refractivity contribution in [1.29, 1.82) is 0 Å². The Balaban J connectivity index is 1.83. The van der Waals surface area contributed by atoms with Crippen LogP contribution in [0.25, 0.3) is 16.7 Å². The fourth-order valence-corrected chi connectivity index (χ4v) is 4.29. The average Bonchev–Trinajstić information content (AvgIpc) is 3.40. The SMILES string of the molecule is COc1c(C)cc(/C(=C/CCCc2nnc(C)o2)c2cc(C)c3oc(=O)n(C)c3c2)cc1/C(F)=N/O. The highest BCUT2D eigenvalue weighted by atomic mass is 19.1. The second kappa shape index (κ2) is 10.2. The van der Waals surface area contributed by atoms with Crippen LogP contribution in [0.5, 0.6) is 5.75 Å². The Morgan fingerprint density at radius 3 is 2.53 bits per heavy atom. The molecule has 0 radical (unpaired) electrons. The van der Waals surface area contributed by atoms with Crippen molar-refractivity contribution in [2.24, 2.45) is 12.2 Å². The molecule has 188 valence electrons. The van der Waals surface area contributed by atoms with Gasteiger partial charge in [0.05, 0.1) is 18.2 Å². The number of fused-ring (bicyclic) bond motifs is 1. The van der Waals surface area contributed by atoms with E-state index < -0.39 is 11.7 Å². The Bertz CT molecular complexity index is 1540. The first-order valence-electron chi connectivity index (χ1n) is 11.4. The zero-order chi connectivity index (χ0) is 26.0. The quantitative estimate of drug-likeness (QED) is 0.158. The smallest absolute Gasteiger partial charge is 0.419 e. The second-order valence-electron chi connectivity index (χ2n) is 8.56. The third-order valence-corrected chi connectivity index (χ3v) is 6.00. The Morgan fingerprint density at radius 2 is 1.86 bits per heavy atom. The van der Waals surface area contributed by atoms with Crippen LogP contribution < -0.4 is 10.5 Å². The predicted octanol–water partition coefficient (Wildman–Crippen LogP) is 5.01. The van der Waals surface area contributed by atoms with E-state index in [-0.39, 0.29) is 11.3 Å². The number of aryl methyl sites for hydroxylation is 5. The first-order chi connectivity index (χ1) is 17.2. The molecule has 4 aromatic rings. The van der Waals surface area contributed by atoms with Gasteiger partial charge in [-0.15, -0.1) is 10.2 Å². The molecule has 4 rings (SSSR count). The number of hydrogen-bond acceptors (Lipinski definition) is 8. The van der Waals surface area contributed by atoms with Gasteiger partial charge in [-0.05, 0) is 78.8 Å². The molecule has 9 nitrogen and oxygen atoms in total. The molecule has 0 bridgehead atoms. The third-order valence-electron chi connectivity index (χ3n) is 6.00. The summed E-state index contributed by atoms with van der Waals surface area (Å²) in [7, 11) is 3.08. The first-order valence-corrected chi connectivity index (χ1v) is 11.4. The number of oxazole rings is 1. The third kappa shape index (κ3) is 4.79. The topological polar surface area (TPSA) is 116 Å². The van der Waals surface area contributed by atoms with E-state index in [1.165, 1.54) is 11.7 Å². The second-order valence-corrected chi connectivity index (χ2v) is 8.56. The number of halogens is 1. The standard InChI is InChI=1S/C26H27FN4O5/c1-14-10-17(12-20(23(14)34-5)25(27)30-33)19(8-6-7-9-22-29-28-16(3)35-22)18-11-15(2)24-21(13-18)31(4)26(32)36-24/h8,10-13,33H,6-7,9H2,1-5H3/b19-8-,30-25-. The molecule has 10 heteroatoms. The number of rotatable bonds is 8. The van der Waals surface area contributed by atoms with Crippen LogP contribution in [0.2, 0.25) is 0 Å². The van der Waals surface area contributed by atoms with Crippen molar-refractivity contribution in [2.45, 2.75) is 40.0 Å². The Labute approximate surface area is 206 Å². The highest BCUT2D eigenvalue weighted by Crippen LogP contribution is 2.34. The Kier molecular flexibility index (Phi) is 7.05. The summed E-state index contributed by atoms with van der Waals surface area (Å²) < 4.78 is 32.1. The summed E-state index contributed by atoms with van der Waals surface area (Å²) >= 11 is 0. The van der Waals surface area contributed by atoms with Crippen LogP contribution in [0.4, 0.5) is 4.39 Å². The van der Waals surface area contributed by atoms with Gasteiger partial charge in [0.2, 0.25) is 11.8 Å². The Hall–Kier alpha value is -4.21. The number of oxime groups is 1. The molecular weight excluding hydrogens is 467 g/mol. The van der Waals surface area contributed by atoms with E-state index in [1.807, 2.05) is 31.2 Å². The van der Waals surface area contributed by atoms with Crippen LogP contribution in [0.3, 0.4) is 0 Å². The van der Waals surface area contributed by atoms with Gasteiger partial charge in [-0.2, -0.15) is 4.39 Å². The van der Waals surface area contributed by atoms with Crippen LogP contribution in [0.1, 0.15) is 52.4 Å². The number of aromatic nitrogens is 3. The molecule has 0 saturated heterocycles. The monoisotopic (exact) mass is 494 g/mol. The molecule has 2 aromatic carbocycles. The molecule has 0 spiro atoms.